The van der Waals surface area contributed by atoms with Gasteiger partial charge in [0.15, 0.2) is 5.58 Å². The summed E-state index contributed by atoms with van der Waals surface area (Å²) in [4.78, 5) is 37.7. The summed E-state index contributed by atoms with van der Waals surface area (Å²) in [5.74, 6) is -0.831. The summed E-state index contributed by atoms with van der Waals surface area (Å²) in [5.41, 5.74) is 2.12. The second-order valence-electron chi connectivity index (χ2n) is 11.1. The van der Waals surface area contributed by atoms with Crippen molar-refractivity contribution in [3.05, 3.63) is 58.6 Å². The second kappa shape index (κ2) is 10.4. The van der Waals surface area contributed by atoms with Gasteiger partial charge in [0.2, 0.25) is 5.91 Å². The van der Waals surface area contributed by atoms with E-state index in [0.717, 1.165) is 36.0 Å². The van der Waals surface area contributed by atoms with E-state index in [2.05, 4.69) is 16.7 Å². The number of carbonyl (C=O) groups excluding carboxylic acids is 2. The Hall–Kier alpha value is -4.06. The van der Waals surface area contributed by atoms with Gasteiger partial charge < -0.3 is 19.8 Å². The SMILES string of the molecule is Cn1c(=O)oc2ccc(-c3ccc(C[C@@H](C#N)NC(=O)C(C)(NC(=O)OC(C)(C)C)C4CCC4)cc3)cc21. The van der Waals surface area contributed by atoms with E-state index in [1.165, 1.54) is 4.57 Å². The number of aryl methyl sites for hydroxylation is 1. The zero-order valence-electron chi connectivity index (χ0n) is 22.5. The predicted octanol–water partition coefficient (Wildman–Crippen LogP) is 4.43. The van der Waals surface area contributed by atoms with E-state index < -0.39 is 34.9 Å². The van der Waals surface area contributed by atoms with Crippen LogP contribution in [0.25, 0.3) is 22.2 Å². The third-order valence-corrected chi connectivity index (χ3v) is 7.13. The molecule has 1 unspecified atom stereocenters. The first-order valence-corrected chi connectivity index (χ1v) is 12.8. The van der Waals surface area contributed by atoms with E-state index in [9.17, 15) is 19.6 Å². The first-order chi connectivity index (χ1) is 17.9. The fourth-order valence-corrected chi connectivity index (χ4v) is 4.66. The summed E-state index contributed by atoms with van der Waals surface area (Å²) in [6.45, 7) is 7.00. The minimum absolute atomic E-state index is 0.0271. The van der Waals surface area contributed by atoms with Gasteiger partial charge in [0, 0.05) is 13.5 Å². The van der Waals surface area contributed by atoms with Crippen molar-refractivity contribution in [3.63, 3.8) is 0 Å². The van der Waals surface area contributed by atoms with Crippen molar-refractivity contribution in [2.75, 3.05) is 0 Å². The molecule has 200 valence electrons. The molecule has 4 rings (SSSR count). The number of aromatic nitrogens is 1. The van der Waals surface area contributed by atoms with E-state index in [1.54, 1.807) is 40.8 Å². The van der Waals surface area contributed by atoms with Crippen LogP contribution in [0.4, 0.5) is 4.79 Å². The largest absolute Gasteiger partial charge is 0.444 e. The standard InChI is InChI=1S/C29H34N4O5/c1-28(2,3)38-26(35)32-29(4,21-7-6-8-21)25(34)31-22(17-30)15-18-9-11-19(12-10-18)20-13-14-24-23(16-20)33(5)27(36)37-24/h9-14,16,21-22H,6-8,15H2,1-5H3,(H,31,34)(H,32,35)/t22-,29?/m0/s1. The van der Waals surface area contributed by atoms with Crippen molar-refractivity contribution >= 4 is 23.1 Å². The van der Waals surface area contributed by atoms with Crippen molar-refractivity contribution in [2.24, 2.45) is 13.0 Å². The number of alkyl carbamates (subject to hydrolysis) is 1. The highest BCUT2D eigenvalue weighted by Gasteiger charge is 2.46. The fraction of sp³-hybridized carbons (Fsp3) is 0.448. The van der Waals surface area contributed by atoms with Crippen molar-refractivity contribution in [1.29, 1.82) is 5.26 Å². The number of rotatable bonds is 7. The molecule has 3 aromatic rings. The predicted molar refractivity (Wildman–Crippen MR) is 143 cm³/mol. The maximum Gasteiger partial charge on any atom is 0.419 e. The van der Waals surface area contributed by atoms with Gasteiger partial charge in [-0.2, -0.15) is 5.26 Å². The normalized spacial score (nSPS) is 16.1. The topological polar surface area (TPSA) is 126 Å². The maximum atomic E-state index is 13.4. The number of hydrogen-bond donors (Lipinski definition) is 2. The highest BCUT2D eigenvalue weighted by atomic mass is 16.6. The number of benzene rings is 2. The summed E-state index contributed by atoms with van der Waals surface area (Å²) in [5, 5.41) is 15.4. The number of fused-ring (bicyclic) bond motifs is 1. The Balaban J connectivity index is 1.45. The first kappa shape index (κ1) is 27.0. The molecule has 1 aliphatic rings. The summed E-state index contributed by atoms with van der Waals surface area (Å²) in [6.07, 6.45) is 2.28. The number of nitriles is 1. The van der Waals surface area contributed by atoms with Gasteiger partial charge in [0.25, 0.3) is 0 Å². The molecule has 9 nitrogen and oxygen atoms in total. The third kappa shape index (κ3) is 5.75. The Morgan fingerprint density at radius 2 is 1.79 bits per heavy atom. The molecule has 0 spiro atoms. The molecule has 1 aliphatic carbocycles. The molecule has 2 atom stereocenters. The van der Waals surface area contributed by atoms with Crippen LogP contribution in [-0.4, -0.2) is 33.7 Å². The van der Waals surface area contributed by atoms with Crippen LogP contribution in [-0.2, 0) is 23.0 Å². The van der Waals surface area contributed by atoms with Crippen molar-refractivity contribution in [2.45, 2.75) is 70.6 Å². The molecule has 1 saturated carbocycles. The first-order valence-electron chi connectivity index (χ1n) is 12.8. The lowest BCUT2D eigenvalue weighted by Crippen LogP contribution is -2.64. The number of nitrogens with zero attached hydrogens (tertiary/aromatic N) is 2. The molecule has 9 heteroatoms. The van der Waals surface area contributed by atoms with Gasteiger partial charge in [0.05, 0.1) is 11.6 Å². The summed E-state index contributed by atoms with van der Waals surface area (Å²) >= 11 is 0. The van der Waals surface area contributed by atoms with Crippen LogP contribution in [0.1, 0.15) is 52.5 Å². The zero-order valence-corrected chi connectivity index (χ0v) is 22.5. The highest BCUT2D eigenvalue weighted by molar-refractivity contribution is 5.90. The van der Waals surface area contributed by atoms with Crippen LogP contribution in [0.2, 0.25) is 0 Å². The second-order valence-corrected chi connectivity index (χ2v) is 11.1. The number of oxazole rings is 1. The van der Waals surface area contributed by atoms with E-state index in [-0.39, 0.29) is 5.92 Å². The molecule has 1 heterocycles. The fourth-order valence-electron chi connectivity index (χ4n) is 4.66. The van der Waals surface area contributed by atoms with Crippen molar-refractivity contribution in [1.82, 2.24) is 15.2 Å². The minimum atomic E-state index is -1.18. The molecule has 0 radical (unpaired) electrons. The number of carbonyl (C=O) groups is 2. The van der Waals surface area contributed by atoms with E-state index in [1.807, 2.05) is 36.4 Å². The molecule has 2 aromatic carbocycles. The van der Waals surface area contributed by atoms with E-state index in [4.69, 9.17) is 9.15 Å². The lowest BCUT2D eigenvalue weighted by Gasteiger charge is -2.42. The van der Waals surface area contributed by atoms with E-state index >= 15 is 0 Å². The third-order valence-electron chi connectivity index (χ3n) is 7.13. The Bertz CT molecular complexity index is 1440. The lowest BCUT2D eigenvalue weighted by atomic mass is 9.71. The Morgan fingerprint density at radius 1 is 1.13 bits per heavy atom. The van der Waals surface area contributed by atoms with Crippen molar-refractivity contribution in [3.8, 4) is 17.2 Å². The molecular weight excluding hydrogens is 484 g/mol. The van der Waals surface area contributed by atoms with Crippen LogP contribution in [0, 0.1) is 17.2 Å². The Kier molecular flexibility index (Phi) is 7.36. The average Bonchev–Trinajstić information content (AvgIpc) is 3.09. The molecule has 0 saturated heterocycles. The number of hydrogen-bond acceptors (Lipinski definition) is 6. The molecule has 0 aliphatic heterocycles. The average molecular weight is 519 g/mol. The summed E-state index contributed by atoms with van der Waals surface area (Å²) < 4.78 is 12.1. The van der Waals surface area contributed by atoms with Crippen LogP contribution in [0.15, 0.2) is 51.7 Å². The Morgan fingerprint density at radius 3 is 2.37 bits per heavy atom. The molecule has 2 amide bonds. The lowest BCUT2D eigenvalue weighted by molar-refractivity contribution is -0.131. The van der Waals surface area contributed by atoms with E-state index in [0.29, 0.717) is 17.5 Å². The van der Waals surface area contributed by atoms with Gasteiger partial charge in [-0.05, 0) is 75.3 Å². The van der Waals surface area contributed by atoms with Crippen molar-refractivity contribution < 1.29 is 18.7 Å². The van der Waals surface area contributed by atoms with Crippen LogP contribution in [0.3, 0.4) is 0 Å². The van der Waals surface area contributed by atoms with Gasteiger partial charge in [-0.15, -0.1) is 0 Å². The van der Waals surface area contributed by atoms with Crippen LogP contribution in [0.5, 0.6) is 0 Å². The van der Waals surface area contributed by atoms with Crippen LogP contribution >= 0.6 is 0 Å². The molecule has 38 heavy (non-hydrogen) atoms. The highest BCUT2D eigenvalue weighted by Crippen LogP contribution is 2.36. The van der Waals surface area contributed by atoms with Gasteiger partial charge >= 0.3 is 11.8 Å². The van der Waals surface area contributed by atoms with Gasteiger partial charge in [-0.1, -0.05) is 36.8 Å². The monoisotopic (exact) mass is 518 g/mol. The summed E-state index contributed by atoms with van der Waals surface area (Å²) in [6, 6.07) is 14.7. The molecular formula is C29H34N4O5. The minimum Gasteiger partial charge on any atom is -0.444 e. The zero-order chi connectivity index (χ0) is 27.7. The van der Waals surface area contributed by atoms with Gasteiger partial charge in [-0.25, -0.2) is 9.59 Å². The molecule has 1 fully saturated rings. The van der Waals surface area contributed by atoms with Gasteiger partial charge in [0.1, 0.15) is 17.2 Å². The molecule has 0 bridgehead atoms. The van der Waals surface area contributed by atoms with Crippen LogP contribution < -0.4 is 16.4 Å². The Labute approximate surface area is 221 Å². The summed E-state index contributed by atoms with van der Waals surface area (Å²) in [7, 11) is 1.66. The molecule has 2 N–H and O–H groups in total. The van der Waals surface area contributed by atoms with Gasteiger partial charge in [-0.3, -0.25) is 9.36 Å². The molecule has 1 aromatic heterocycles. The quantitative estimate of drug-likeness (QED) is 0.476. The smallest absolute Gasteiger partial charge is 0.419 e. The maximum absolute atomic E-state index is 13.4. The number of amides is 2. The number of ether oxygens (including phenoxy) is 1. The number of nitrogens with one attached hydrogen (secondary N) is 2.